The number of urea groups is 1. The molecule has 1 unspecified atom stereocenters. The normalized spacial score (nSPS) is 17.0. The van der Waals surface area contributed by atoms with Crippen molar-refractivity contribution >= 4 is 17.5 Å². The Bertz CT molecular complexity index is 734. The Morgan fingerprint density at radius 3 is 2.79 bits per heavy atom. The van der Waals surface area contributed by atoms with Gasteiger partial charge >= 0.3 is 6.03 Å². The lowest BCUT2D eigenvalue weighted by Crippen LogP contribution is -2.39. The third kappa shape index (κ3) is 3.79. The molecule has 2 aromatic rings. The van der Waals surface area contributed by atoms with Gasteiger partial charge in [-0.1, -0.05) is 0 Å². The Morgan fingerprint density at radius 2 is 2.04 bits per heavy atom. The van der Waals surface area contributed by atoms with Crippen LogP contribution in [0.15, 0.2) is 30.5 Å². The molecule has 1 aliphatic heterocycles. The first-order chi connectivity index (χ1) is 11.5. The van der Waals surface area contributed by atoms with Crippen LogP contribution >= 0.6 is 0 Å². The Balaban J connectivity index is 1.57. The number of carbonyl (C=O) groups is 1. The Hall–Kier alpha value is -2.70. The van der Waals surface area contributed by atoms with E-state index in [0.717, 1.165) is 30.2 Å². The number of halogens is 1. The molecule has 2 heterocycles. The lowest BCUT2D eigenvalue weighted by Gasteiger charge is -2.19. The van der Waals surface area contributed by atoms with Crippen LogP contribution in [0.4, 0.5) is 20.7 Å². The predicted molar refractivity (Wildman–Crippen MR) is 90.7 cm³/mol. The summed E-state index contributed by atoms with van der Waals surface area (Å²) in [7, 11) is 0. The summed E-state index contributed by atoms with van der Waals surface area (Å²) in [6, 6.07) is 5.43. The number of aryl methyl sites for hydroxylation is 2. The topological polar surface area (TPSA) is 70.2 Å². The van der Waals surface area contributed by atoms with Gasteiger partial charge < -0.3 is 15.5 Å². The second kappa shape index (κ2) is 6.82. The molecule has 1 aromatic heterocycles. The molecule has 0 aliphatic carbocycles. The van der Waals surface area contributed by atoms with Crippen LogP contribution < -0.4 is 15.5 Å². The molecular formula is C17H20FN5O. The van der Waals surface area contributed by atoms with Crippen molar-refractivity contribution in [1.82, 2.24) is 15.3 Å². The van der Waals surface area contributed by atoms with E-state index >= 15 is 0 Å². The monoisotopic (exact) mass is 329 g/mol. The minimum atomic E-state index is -0.331. The average Bonchev–Trinajstić information content (AvgIpc) is 3.00. The van der Waals surface area contributed by atoms with Crippen LogP contribution in [-0.2, 0) is 0 Å². The molecule has 1 aliphatic rings. The molecule has 7 heteroatoms. The number of hydrogen-bond acceptors (Lipinski definition) is 4. The van der Waals surface area contributed by atoms with E-state index in [1.54, 1.807) is 6.20 Å². The SMILES string of the molecule is Cc1cnc(C)c(N2CCC(NC(=O)Nc3ccc(F)cc3)C2)n1. The van der Waals surface area contributed by atoms with E-state index in [-0.39, 0.29) is 17.9 Å². The molecule has 1 aromatic carbocycles. The third-order valence-corrected chi connectivity index (χ3v) is 3.98. The largest absolute Gasteiger partial charge is 0.353 e. The van der Waals surface area contributed by atoms with E-state index in [0.29, 0.717) is 12.2 Å². The number of nitrogens with zero attached hydrogens (tertiary/aromatic N) is 3. The number of amides is 2. The Labute approximate surface area is 140 Å². The highest BCUT2D eigenvalue weighted by atomic mass is 19.1. The summed E-state index contributed by atoms with van der Waals surface area (Å²) in [4.78, 5) is 23.1. The number of rotatable bonds is 3. The molecule has 0 saturated carbocycles. The fourth-order valence-corrected chi connectivity index (χ4v) is 2.78. The highest BCUT2D eigenvalue weighted by Crippen LogP contribution is 2.21. The summed E-state index contributed by atoms with van der Waals surface area (Å²) in [6.07, 6.45) is 2.59. The van der Waals surface area contributed by atoms with Gasteiger partial charge in [0.25, 0.3) is 0 Å². The minimum Gasteiger partial charge on any atom is -0.353 e. The molecule has 6 nitrogen and oxygen atoms in total. The summed E-state index contributed by atoms with van der Waals surface area (Å²) >= 11 is 0. The Morgan fingerprint density at radius 1 is 1.29 bits per heavy atom. The van der Waals surface area contributed by atoms with Gasteiger partial charge in [-0.05, 0) is 44.5 Å². The Kier molecular flexibility index (Phi) is 4.59. The van der Waals surface area contributed by atoms with Gasteiger partial charge in [-0.15, -0.1) is 0 Å². The summed E-state index contributed by atoms with van der Waals surface area (Å²) in [5.41, 5.74) is 2.32. The number of anilines is 2. The molecule has 2 amide bonds. The lowest BCUT2D eigenvalue weighted by atomic mass is 10.2. The van der Waals surface area contributed by atoms with E-state index < -0.39 is 0 Å². The van der Waals surface area contributed by atoms with Crippen LogP contribution in [0.3, 0.4) is 0 Å². The molecule has 0 bridgehead atoms. The maximum Gasteiger partial charge on any atom is 0.319 e. The van der Waals surface area contributed by atoms with Gasteiger partial charge in [-0.2, -0.15) is 0 Å². The van der Waals surface area contributed by atoms with Crippen LogP contribution in [0.25, 0.3) is 0 Å². The van der Waals surface area contributed by atoms with Crippen molar-refractivity contribution in [2.75, 3.05) is 23.3 Å². The molecule has 1 saturated heterocycles. The van der Waals surface area contributed by atoms with Crippen LogP contribution in [0.1, 0.15) is 17.8 Å². The van der Waals surface area contributed by atoms with Crippen molar-refractivity contribution in [2.24, 2.45) is 0 Å². The molecule has 3 rings (SSSR count). The second-order valence-electron chi connectivity index (χ2n) is 5.96. The van der Waals surface area contributed by atoms with Gasteiger partial charge in [0.05, 0.1) is 11.4 Å². The second-order valence-corrected chi connectivity index (χ2v) is 5.96. The smallest absolute Gasteiger partial charge is 0.319 e. The van der Waals surface area contributed by atoms with E-state index in [4.69, 9.17) is 0 Å². The third-order valence-electron chi connectivity index (χ3n) is 3.98. The first-order valence-electron chi connectivity index (χ1n) is 7.89. The number of benzene rings is 1. The van der Waals surface area contributed by atoms with Crippen molar-refractivity contribution in [3.8, 4) is 0 Å². The zero-order chi connectivity index (χ0) is 17.1. The molecule has 2 N–H and O–H groups in total. The highest BCUT2D eigenvalue weighted by molar-refractivity contribution is 5.89. The zero-order valence-electron chi connectivity index (χ0n) is 13.7. The standard InChI is InChI=1S/C17H20FN5O/c1-11-9-19-12(2)16(20-11)23-8-7-15(10-23)22-17(24)21-14-5-3-13(18)4-6-14/h3-6,9,15H,7-8,10H2,1-2H3,(H2,21,22,24). The van der Waals surface area contributed by atoms with Crippen molar-refractivity contribution in [3.63, 3.8) is 0 Å². The van der Waals surface area contributed by atoms with Gasteiger partial charge in [-0.3, -0.25) is 4.98 Å². The van der Waals surface area contributed by atoms with Crippen LogP contribution in [0.5, 0.6) is 0 Å². The van der Waals surface area contributed by atoms with E-state index in [1.165, 1.54) is 24.3 Å². The summed E-state index contributed by atoms with van der Waals surface area (Å²) in [5.74, 6) is 0.542. The molecule has 0 radical (unpaired) electrons. The molecule has 126 valence electrons. The predicted octanol–water partition coefficient (Wildman–Crippen LogP) is 2.63. The lowest BCUT2D eigenvalue weighted by molar-refractivity contribution is 0.249. The molecule has 0 spiro atoms. The van der Waals surface area contributed by atoms with E-state index in [9.17, 15) is 9.18 Å². The number of aromatic nitrogens is 2. The van der Waals surface area contributed by atoms with Gasteiger partial charge in [-0.25, -0.2) is 14.2 Å². The molecular weight excluding hydrogens is 309 g/mol. The fourth-order valence-electron chi connectivity index (χ4n) is 2.78. The van der Waals surface area contributed by atoms with Gasteiger partial charge in [0, 0.05) is 31.0 Å². The van der Waals surface area contributed by atoms with E-state index in [1.807, 2.05) is 13.8 Å². The molecule has 24 heavy (non-hydrogen) atoms. The summed E-state index contributed by atoms with van der Waals surface area (Å²) < 4.78 is 12.9. The first kappa shape index (κ1) is 16.2. The van der Waals surface area contributed by atoms with Crippen molar-refractivity contribution in [3.05, 3.63) is 47.7 Å². The van der Waals surface area contributed by atoms with Gasteiger partial charge in [0.2, 0.25) is 0 Å². The van der Waals surface area contributed by atoms with E-state index in [2.05, 4.69) is 25.5 Å². The van der Waals surface area contributed by atoms with Crippen LogP contribution in [-0.4, -0.2) is 35.1 Å². The van der Waals surface area contributed by atoms with Crippen molar-refractivity contribution in [2.45, 2.75) is 26.3 Å². The first-order valence-corrected chi connectivity index (χ1v) is 7.89. The number of hydrogen-bond donors (Lipinski definition) is 2. The fraction of sp³-hybridized carbons (Fsp3) is 0.353. The number of nitrogens with one attached hydrogen (secondary N) is 2. The summed E-state index contributed by atoms with van der Waals surface area (Å²) in [6.45, 7) is 5.36. The van der Waals surface area contributed by atoms with Crippen molar-refractivity contribution < 1.29 is 9.18 Å². The number of carbonyl (C=O) groups excluding carboxylic acids is 1. The van der Waals surface area contributed by atoms with Gasteiger partial charge in [0.15, 0.2) is 0 Å². The van der Waals surface area contributed by atoms with Gasteiger partial charge in [0.1, 0.15) is 11.6 Å². The molecule has 1 atom stereocenters. The van der Waals surface area contributed by atoms with Crippen molar-refractivity contribution in [1.29, 1.82) is 0 Å². The van der Waals surface area contributed by atoms with Crippen LogP contribution in [0, 0.1) is 19.7 Å². The maximum atomic E-state index is 12.9. The molecule has 1 fully saturated rings. The maximum absolute atomic E-state index is 12.9. The zero-order valence-corrected chi connectivity index (χ0v) is 13.7. The highest BCUT2D eigenvalue weighted by Gasteiger charge is 2.26. The van der Waals surface area contributed by atoms with Crippen LogP contribution in [0.2, 0.25) is 0 Å². The summed E-state index contributed by atoms with van der Waals surface area (Å²) in [5, 5.41) is 5.65. The quantitative estimate of drug-likeness (QED) is 0.908. The minimum absolute atomic E-state index is 0.0344. The average molecular weight is 329 g/mol.